The average Bonchev–Trinajstić information content (AvgIpc) is 3.22. The van der Waals surface area contributed by atoms with Gasteiger partial charge in [-0.3, -0.25) is 4.79 Å². The third-order valence-corrected chi connectivity index (χ3v) is 5.15. The first-order valence-electron chi connectivity index (χ1n) is 9.68. The highest BCUT2D eigenvalue weighted by molar-refractivity contribution is 6.33. The molecule has 150 valence electrons. The molecule has 0 aliphatic carbocycles. The van der Waals surface area contributed by atoms with E-state index in [1.165, 1.54) is 5.56 Å². The number of nitrogens with one attached hydrogen (secondary N) is 2. The molecule has 1 amide bonds. The predicted molar refractivity (Wildman–Crippen MR) is 113 cm³/mol. The van der Waals surface area contributed by atoms with E-state index >= 15 is 0 Å². The molecule has 0 bridgehead atoms. The van der Waals surface area contributed by atoms with Crippen LogP contribution in [-0.4, -0.2) is 31.3 Å². The molecule has 2 aromatic carbocycles. The largest absolute Gasteiger partial charge is 0.377 e. The Hall–Kier alpha value is -2.08. The smallest absolute Gasteiger partial charge is 0.253 e. The molecular weight excluding hydrogens is 376 g/mol. The second-order valence-corrected chi connectivity index (χ2v) is 7.48. The van der Waals surface area contributed by atoms with Crippen LogP contribution in [0.1, 0.15) is 38.3 Å². The van der Waals surface area contributed by atoms with Crippen LogP contribution in [0.2, 0.25) is 5.02 Å². The summed E-state index contributed by atoms with van der Waals surface area (Å²) in [7, 11) is 0. The Morgan fingerprint density at radius 1 is 1.25 bits per heavy atom. The standard InChI is InChI=1S/C22H27ClN2O3/c1-15(17-7-4-3-5-8-17)24-21-11-10-18(13-20(21)23)25-22(26)16(2)28-14-19-9-6-12-27-19/h3-5,7-8,10-11,13,15-16,19,24H,6,9,12,14H2,1-2H3,(H,25,26). The Balaban J connectivity index is 1.53. The van der Waals surface area contributed by atoms with Gasteiger partial charge in [0.15, 0.2) is 0 Å². The van der Waals surface area contributed by atoms with Crippen LogP contribution >= 0.6 is 11.6 Å². The Kier molecular flexibility index (Phi) is 7.31. The van der Waals surface area contributed by atoms with Crippen molar-refractivity contribution in [2.24, 2.45) is 0 Å². The Morgan fingerprint density at radius 2 is 2.04 bits per heavy atom. The number of halogens is 1. The van der Waals surface area contributed by atoms with Crippen LogP contribution in [0.15, 0.2) is 48.5 Å². The number of benzene rings is 2. The lowest BCUT2D eigenvalue weighted by Gasteiger charge is -2.18. The van der Waals surface area contributed by atoms with E-state index in [1.807, 2.05) is 30.3 Å². The number of hydrogen-bond donors (Lipinski definition) is 2. The molecule has 1 fully saturated rings. The van der Waals surface area contributed by atoms with Crippen LogP contribution < -0.4 is 10.6 Å². The monoisotopic (exact) mass is 402 g/mol. The van der Waals surface area contributed by atoms with Gasteiger partial charge in [0.1, 0.15) is 6.10 Å². The molecule has 1 saturated heterocycles. The molecule has 3 atom stereocenters. The molecule has 28 heavy (non-hydrogen) atoms. The van der Waals surface area contributed by atoms with Gasteiger partial charge in [-0.2, -0.15) is 0 Å². The highest BCUT2D eigenvalue weighted by Gasteiger charge is 2.20. The second kappa shape index (κ2) is 9.92. The quantitative estimate of drug-likeness (QED) is 0.649. The van der Waals surface area contributed by atoms with Crippen molar-refractivity contribution in [1.82, 2.24) is 0 Å². The molecule has 2 aromatic rings. The first-order chi connectivity index (χ1) is 13.5. The molecule has 1 aliphatic heterocycles. The third-order valence-electron chi connectivity index (χ3n) is 4.83. The maximum atomic E-state index is 12.3. The average molecular weight is 403 g/mol. The number of carbonyl (C=O) groups is 1. The zero-order chi connectivity index (χ0) is 19.9. The summed E-state index contributed by atoms with van der Waals surface area (Å²) < 4.78 is 11.1. The fourth-order valence-corrected chi connectivity index (χ4v) is 3.35. The lowest BCUT2D eigenvalue weighted by molar-refractivity contribution is -0.128. The normalized spacial score (nSPS) is 18.5. The maximum Gasteiger partial charge on any atom is 0.253 e. The van der Waals surface area contributed by atoms with Crippen LogP contribution in [0.4, 0.5) is 11.4 Å². The number of amides is 1. The van der Waals surface area contributed by atoms with Crippen molar-refractivity contribution < 1.29 is 14.3 Å². The number of anilines is 2. The molecule has 1 aliphatic rings. The Morgan fingerprint density at radius 3 is 2.71 bits per heavy atom. The van der Waals surface area contributed by atoms with Crippen LogP contribution in [-0.2, 0) is 14.3 Å². The minimum atomic E-state index is -0.557. The summed E-state index contributed by atoms with van der Waals surface area (Å²) in [5, 5.41) is 6.80. The van der Waals surface area contributed by atoms with Gasteiger partial charge >= 0.3 is 0 Å². The first kappa shape index (κ1) is 20.6. The van der Waals surface area contributed by atoms with E-state index in [9.17, 15) is 4.79 Å². The van der Waals surface area contributed by atoms with Crippen molar-refractivity contribution >= 4 is 28.9 Å². The van der Waals surface area contributed by atoms with E-state index in [4.69, 9.17) is 21.1 Å². The SMILES string of the molecule is CC(OCC1CCCO1)C(=O)Nc1ccc(NC(C)c2ccccc2)c(Cl)c1. The van der Waals surface area contributed by atoms with E-state index in [2.05, 4.69) is 29.7 Å². The molecule has 1 heterocycles. The molecule has 0 radical (unpaired) electrons. The van der Waals surface area contributed by atoms with Crippen LogP contribution in [0.3, 0.4) is 0 Å². The molecular formula is C22H27ClN2O3. The van der Waals surface area contributed by atoms with Crippen molar-refractivity contribution in [2.75, 3.05) is 23.8 Å². The summed E-state index contributed by atoms with van der Waals surface area (Å²) in [6, 6.07) is 15.7. The molecule has 2 N–H and O–H groups in total. The predicted octanol–water partition coefficient (Wildman–Crippen LogP) is 5.04. The summed E-state index contributed by atoms with van der Waals surface area (Å²) in [5.41, 5.74) is 2.63. The summed E-state index contributed by atoms with van der Waals surface area (Å²) in [5.74, 6) is -0.201. The van der Waals surface area contributed by atoms with Gasteiger partial charge in [0.25, 0.3) is 5.91 Å². The van der Waals surface area contributed by atoms with Gasteiger partial charge in [-0.15, -0.1) is 0 Å². The highest BCUT2D eigenvalue weighted by Crippen LogP contribution is 2.29. The highest BCUT2D eigenvalue weighted by atomic mass is 35.5. The fourth-order valence-electron chi connectivity index (χ4n) is 3.12. The minimum Gasteiger partial charge on any atom is -0.377 e. The first-order valence-corrected chi connectivity index (χ1v) is 10.1. The minimum absolute atomic E-state index is 0.0988. The van der Waals surface area contributed by atoms with Crippen molar-refractivity contribution in [3.63, 3.8) is 0 Å². The lowest BCUT2D eigenvalue weighted by atomic mass is 10.1. The molecule has 0 saturated carbocycles. The maximum absolute atomic E-state index is 12.3. The summed E-state index contributed by atoms with van der Waals surface area (Å²) >= 11 is 6.41. The molecule has 3 rings (SSSR count). The summed E-state index contributed by atoms with van der Waals surface area (Å²) in [6.07, 6.45) is 1.58. The molecule has 0 spiro atoms. The van der Waals surface area contributed by atoms with E-state index in [0.29, 0.717) is 17.3 Å². The summed E-state index contributed by atoms with van der Waals surface area (Å²) in [4.78, 5) is 12.3. The van der Waals surface area contributed by atoms with Gasteiger partial charge in [0, 0.05) is 18.3 Å². The van der Waals surface area contributed by atoms with E-state index < -0.39 is 6.10 Å². The topological polar surface area (TPSA) is 59.6 Å². The van der Waals surface area contributed by atoms with Crippen LogP contribution in [0, 0.1) is 0 Å². The van der Waals surface area contributed by atoms with Gasteiger partial charge in [-0.1, -0.05) is 41.9 Å². The second-order valence-electron chi connectivity index (χ2n) is 7.07. The zero-order valence-corrected chi connectivity index (χ0v) is 17.0. The number of ether oxygens (including phenoxy) is 2. The van der Waals surface area contributed by atoms with Crippen molar-refractivity contribution in [3.05, 3.63) is 59.1 Å². The van der Waals surface area contributed by atoms with Gasteiger partial charge in [0.2, 0.25) is 0 Å². The van der Waals surface area contributed by atoms with Crippen molar-refractivity contribution in [2.45, 2.75) is 44.9 Å². The van der Waals surface area contributed by atoms with E-state index in [0.717, 1.165) is 25.1 Å². The Bertz CT molecular complexity index is 779. The third kappa shape index (κ3) is 5.71. The lowest BCUT2D eigenvalue weighted by Crippen LogP contribution is -2.30. The van der Waals surface area contributed by atoms with Crippen LogP contribution in [0.25, 0.3) is 0 Å². The Labute approximate surface area is 171 Å². The summed E-state index contributed by atoms with van der Waals surface area (Å²) in [6.45, 7) is 5.03. The number of rotatable bonds is 8. The van der Waals surface area contributed by atoms with Crippen molar-refractivity contribution in [3.8, 4) is 0 Å². The van der Waals surface area contributed by atoms with Crippen LogP contribution in [0.5, 0.6) is 0 Å². The molecule has 6 heteroatoms. The number of carbonyl (C=O) groups excluding carboxylic acids is 1. The molecule has 5 nitrogen and oxygen atoms in total. The van der Waals surface area contributed by atoms with Gasteiger partial charge in [-0.05, 0) is 50.5 Å². The molecule has 0 aromatic heterocycles. The fraction of sp³-hybridized carbons (Fsp3) is 0.409. The van der Waals surface area contributed by atoms with Gasteiger partial charge < -0.3 is 20.1 Å². The van der Waals surface area contributed by atoms with E-state index in [-0.39, 0.29) is 18.1 Å². The van der Waals surface area contributed by atoms with Crippen molar-refractivity contribution in [1.29, 1.82) is 0 Å². The zero-order valence-electron chi connectivity index (χ0n) is 16.3. The van der Waals surface area contributed by atoms with E-state index in [1.54, 1.807) is 13.0 Å². The van der Waals surface area contributed by atoms with Gasteiger partial charge in [0.05, 0.1) is 23.4 Å². The number of hydrogen-bond acceptors (Lipinski definition) is 4. The van der Waals surface area contributed by atoms with Gasteiger partial charge in [-0.25, -0.2) is 0 Å². The molecule has 3 unspecified atom stereocenters.